The van der Waals surface area contributed by atoms with Crippen LogP contribution in [0.4, 0.5) is 14.5 Å². The highest BCUT2D eigenvalue weighted by atomic mass is 19.2. The zero-order chi connectivity index (χ0) is 16.1. The Balaban J connectivity index is 1.86. The van der Waals surface area contributed by atoms with E-state index in [1.165, 1.54) is 6.07 Å². The highest BCUT2D eigenvalue weighted by Gasteiger charge is 2.23. The summed E-state index contributed by atoms with van der Waals surface area (Å²) in [6, 6.07) is 3.97. The number of carbonyl (C=O) groups is 1. The number of halogens is 2. The lowest BCUT2D eigenvalue weighted by molar-refractivity contribution is -0.117. The topological polar surface area (TPSA) is 32.3 Å². The molecule has 2 rings (SSSR count). The summed E-state index contributed by atoms with van der Waals surface area (Å²) in [5.41, 5.74) is 1.42. The molecule has 1 aliphatic heterocycles. The molecule has 1 heterocycles. The number of nitrogens with one attached hydrogen (secondary N) is 1. The number of hydrogen-bond acceptors (Lipinski definition) is 2. The predicted octanol–water partition coefficient (Wildman–Crippen LogP) is 3.26. The smallest absolute Gasteiger partial charge is 0.246 e. The standard InChI is InChI=1S/C17H22F2N2O/c1-3-4-12(2)17(22)20-10-13-7-8-21(11-13)14-5-6-15(18)16(19)9-14/h4-6,9,13H,3,7-8,10-11H2,1-2H3,(H,20,22)/b12-4+. The highest BCUT2D eigenvalue weighted by molar-refractivity contribution is 5.92. The molecule has 1 fully saturated rings. The number of anilines is 1. The van der Waals surface area contributed by atoms with Crippen molar-refractivity contribution < 1.29 is 13.6 Å². The summed E-state index contributed by atoms with van der Waals surface area (Å²) >= 11 is 0. The van der Waals surface area contributed by atoms with Crippen molar-refractivity contribution in [2.45, 2.75) is 26.7 Å². The highest BCUT2D eigenvalue weighted by Crippen LogP contribution is 2.25. The largest absolute Gasteiger partial charge is 0.371 e. The molecule has 0 radical (unpaired) electrons. The van der Waals surface area contributed by atoms with E-state index in [9.17, 15) is 13.6 Å². The summed E-state index contributed by atoms with van der Waals surface area (Å²) in [6.45, 7) is 5.93. The lowest BCUT2D eigenvalue weighted by Gasteiger charge is -2.19. The Kier molecular flexibility index (Phi) is 5.52. The third-order valence-corrected chi connectivity index (χ3v) is 3.97. The maximum Gasteiger partial charge on any atom is 0.246 e. The van der Waals surface area contributed by atoms with Gasteiger partial charge in [0.1, 0.15) is 0 Å². The molecule has 1 aliphatic rings. The summed E-state index contributed by atoms with van der Waals surface area (Å²) in [7, 11) is 0. The molecule has 1 aromatic carbocycles. The van der Waals surface area contributed by atoms with Crippen LogP contribution < -0.4 is 10.2 Å². The van der Waals surface area contributed by atoms with Crippen molar-refractivity contribution in [1.82, 2.24) is 5.32 Å². The van der Waals surface area contributed by atoms with Gasteiger partial charge < -0.3 is 10.2 Å². The zero-order valence-electron chi connectivity index (χ0n) is 13.0. The van der Waals surface area contributed by atoms with Crippen molar-refractivity contribution >= 4 is 11.6 Å². The molecule has 22 heavy (non-hydrogen) atoms. The zero-order valence-corrected chi connectivity index (χ0v) is 13.0. The summed E-state index contributed by atoms with van der Waals surface area (Å²) < 4.78 is 26.2. The fourth-order valence-corrected chi connectivity index (χ4v) is 2.69. The van der Waals surface area contributed by atoms with Crippen molar-refractivity contribution in [3.63, 3.8) is 0 Å². The predicted molar refractivity (Wildman–Crippen MR) is 83.7 cm³/mol. The van der Waals surface area contributed by atoms with Gasteiger partial charge in [0.25, 0.3) is 0 Å². The number of hydrogen-bond donors (Lipinski definition) is 1. The van der Waals surface area contributed by atoms with E-state index < -0.39 is 11.6 Å². The van der Waals surface area contributed by atoms with Crippen LogP contribution in [0.1, 0.15) is 26.7 Å². The van der Waals surface area contributed by atoms with Crippen LogP contribution in [-0.4, -0.2) is 25.5 Å². The Morgan fingerprint density at radius 1 is 1.41 bits per heavy atom. The molecule has 5 heteroatoms. The molecule has 1 unspecified atom stereocenters. The first-order chi connectivity index (χ1) is 10.5. The summed E-state index contributed by atoms with van der Waals surface area (Å²) in [5, 5.41) is 2.93. The third kappa shape index (κ3) is 4.06. The van der Waals surface area contributed by atoms with Crippen LogP contribution in [0.2, 0.25) is 0 Å². The van der Waals surface area contributed by atoms with Crippen LogP contribution >= 0.6 is 0 Å². The minimum absolute atomic E-state index is 0.0341. The van der Waals surface area contributed by atoms with E-state index in [0.29, 0.717) is 18.2 Å². The molecule has 1 atom stereocenters. The number of allylic oxidation sites excluding steroid dienone is 1. The second-order valence-electron chi connectivity index (χ2n) is 5.70. The summed E-state index contributed by atoms with van der Waals surface area (Å²) in [5.74, 6) is -1.36. The van der Waals surface area contributed by atoms with Gasteiger partial charge >= 0.3 is 0 Å². The van der Waals surface area contributed by atoms with Crippen molar-refractivity contribution in [2.24, 2.45) is 5.92 Å². The molecular formula is C17H22F2N2O. The molecule has 1 amide bonds. The molecule has 1 aromatic rings. The molecule has 0 aliphatic carbocycles. The van der Waals surface area contributed by atoms with Gasteiger partial charge in [0, 0.05) is 37.0 Å². The van der Waals surface area contributed by atoms with E-state index >= 15 is 0 Å². The van der Waals surface area contributed by atoms with Crippen LogP contribution in [0.25, 0.3) is 0 Å². The van der Waals surface area contributed by atoms with Crippen LogP contribution in [0.5, 0.6) is 0 Å². The molecule has 0 saturated carbocycles. The van der Waals surface area contributed by atoms with E-state index in [0.717, 1.165) is 37.6 Å². The Bertz CT molecular complexity index is 572. The van der Waals surface area contributed by atoms with Crippen LogP contribution in [0.3, 0.4) is 0 Å². The Morgan fingerprint density at radius 2 is 2.18 bits per heavy atom. The number of amides is 1. The van der Waals surface area contributed by atoms with E-state index in [2.05, 4.69) is 5.32 Å². The fourth-order valence-electron chi connectivity index (χ4n) is 2.69. The number of benzene rings is 1. The Labute approximate surface area is 130 Å². The van der Waals surface area contributed by atoms with Gasteiger partial charge in [-0.05, 0) is 37.8 Å². The van der Waals surface area contributed by atoms with Crippen molar-refractivity contribution in [3.8, 4) is 0 Å². The lowest BCUT2D eigenvalue weighted by Crippen LogP contribution is -2.31. The van der Waals surface area contributed by atoms with Crippen molar-refractivity contribution in [1.29, 1.82) is 0 Å². The van der Waals surface area contributed by atoms with E-state index in [1.54, 1.807) is 13.0 Å². The molecule has 0 aromatic heterocycles. The molecule has 1 saturated heterocycles. The average Bonchev–Trinajstić information content (AvgIpc) is 2.96. The molecule has 0 spiro atoms. The van der Waals surface area contributed by atoms with Gasteiger partial charge in [-0.1, -0.05) is 13.0 Å². The van der Waals surface area contributed by atoms with Crippen LogP contribution in [0.15, 0.2) is 29.8 Å². The number of carbonyl (C=O) groups excluding carboxylic acids is 1. The molecule has 0 bridgehead atoms. The molecule has 120 valence electrons. The van der Waals surface area contributed by atoms with Gasteiger partial charge in [-0.25, -0.2) is 8.78 Å². The van der Waals surface area contributed by atoms with Gasteiger partial charge in [-0.15, -0.1) is 0 Å². The van der Waals surface area contributed by atoms with Gasteiger partial charge in [-0.2, -0.15) is 0 Å². The molecule has 1 N–H and O–H groups in total. The maximum absolute atomic E-state index is 13.3. The monoisotopic (exact) mass is 308 g/mol. The first-order valence-corrected chi connectivity index (χ1v) is 7.66. The second kappa shape index (κ2) is 7.38. The lowest BCUT2D eigenvalue weighted by atomic mass is 10.1. The fraction of sp³-hybridized carbons (Fsp3) is 0.471. The van der Waals surface area contributed by atoms with Crippen LogP contribution in [0, 0.1) is 17.6 Å². The first kappa shape index (κ1) is 16.5. The quantitative estimate of drug-likeness (QED) is 0.847. The summed E-state index contributed by atoms with van der Waals surface area (Å²) in [4.78, 5) is 13.9. The van der Waals surface area contributed by atoms with Crippen molar-refractivity contribution in [2.75, 3.05) is 24.5 Å². The third-order valence-electron chi connectivity index (χ3n) is 3.97. The normalized spacial score (nSPS) is 18.6. The van der Waals surface area contributed by atoms with Gasteiger partial charge in [0.05, 0.1) is 0 Å². The SMILES string of the molecule is CC/C=C(\C)C(=O)NCC1CCN(c2ccc(F)c(F)c2)C1. The minimum Gasteiger partial charge on any atom is -0.371 e. The number of rotatable bonds is 5. The van der Waals surface area contributed by atoms with E-state index in [1.807, 2.05) is 17.9 Å². The summed E-state index contributed by atoms with van der Waals surface area (Å²) in [6.07, 6.45) is 3.67. The first-order valence-electron chi connectivity index (χ1n) is 7.66. The number of nitrogens with zero attached hydrogens (tertiary/aromatic N) is 1. The van der Waals surface area contributed by atoms with E-state index in [4.69, 9.17) is 0 Å². The van der Waals surface area contributed by atoms with Crippen LogP contribution in [-0.2, 0) is 4.79 Å². The molecular weight excluding hydrogens is 286 g/mol. The van der Waals surface area contributed by atoms with Gasteiger partial charge in [0.15, 0.2) is 11.6 Å². The Hall–Kier alpha value is -1.91. The van der Waals surface area contributed by atoms with Gasteiger partial charge in [-0.3, -0.25) is 4.79 Å². The second-order valence-corrected chi connectivity index (χ2v) is 5.70. The Morgan fingerprint density at radius 3 is 2.86 bits per heavy atom. The van der Waals surface area contributed by atoms with E-state index in [-0.39, 0.29) is 5.91 Å². The maximum atomic E-state index is 13.3. The minimum atomic E-state index is -0.829. The van der Waals surface area contributed by atoms with Gasteiger partial charge in [0.2, 0.25) is 5.91 Å². The molecule has 3 nitrogen and oxygen atoms in total. The van der Waals surface area contributed by atoms with Crippen molar-refractivity contribution in [3.05, 3.63) is 41.5 Å². The average molecular weight is 308 g/mol.